The first-order chi connectivity index (χ1) is 8.19. The van der Waals surface area contributed by atoms with Crippen molar-refractivity contribution in [3.63, 3.8) is 0 Å². The molecule has 0 atom stereocenters. The maximum atomic E-state index is 10.6. The van der Waals surface area contributed by atoms with E-state index in [0.717, 1.165) is 38.0 Å². The first-order valence-corrected chi connectivity index (χ1v) is 6.68. The van der Waals surface area contributed by atoms with Crippen LogP contribution in [-0.4, -0.2) is 36.0 Å². The molecule has 0 unspecified atom stereocenters. The molecule has 1 aromatic rings. The van der Waals surface area contributed by atoms with Crippen molar-refractivity contribution in [1.29, 1.82) is 0 Å². The van der Waals surface area contributed by atoms with E-state index < -0.39 is 0 Å². The van der Waals surface area contributed by atoms with E-state index in [0.29, 0.717) is 6.04 Å². The van der Waals surface area contributed by atoms with E-state index in [9.17, 15) is 10.1 Å². The van der Waals surface area contributed by atoms with Crippen LogP contribution in [0, 0.1) is 10.1 Å². The normalized spacial score (nSPS) is 18.4. The Morgan fingerprint density at radius 1 is 1.59 bits per heavy atom. The van der Waals surface area contributed by atoms with E-state index in [1.165, 1.54) is 11.3 Å². The van der Waals surface area contributed by atoms with Gasteiger partial charge < -0.3 is 5.32 Å². The molecule has 0 spiro atoms. The number of thiophene rings is 1. The van der Waals surface area contributed by atoms with Crippen molar-refractivity contribution < 1.29 is 4.92 Å². The van der Waals surface area contributed by atoms with E-state index in [1.54, 1.807) is 6.07 Å². The van der Waals surface area contributed by atoms with Crippen LogP contribution in [0.25, 0.3) is 0 Å². The Bertz CT molecular complexity index is 386. The van der Waals surface area contributed by atoms with Crippen LogP contribution >= 0.6 is 11.3 Å². The molecule has 0 amide bonds. The molecule has 94 valence electrons. The highest BCUT2D eigenvalue weighted by Crippen LogP contribution is 2.24. The average molecular weight is 255 g/mol. The first-order valence-electron chi connectivity index (χ1n) is 5.80. The van der Waals surface area contributed by atoms with Gasteiger partial charge in [0.25, 0.3) is 0 Å². The fourth-order valence-corrected chi connectivity index (χ4v) is 2.90. The molecule has 1 aliphatic rings. The summed E-state index contributed by atoms with van der Waals surface area (Å²) in [6.45, 7) is 2.96. The van der Waals surface area contributed by atoms with Gasteiger partial charge in [0, 0.05) is 24.0 Å². The van der Waals surface area contributed by atoms with Gasteiger partial charge in [-0.05, 0) is 38.5 Å². The second kappa shape index (κ2) is 5.57. The molecule has 0 saturated carbocycles. The molecule has 2 heterocycles. The predicted octanol–water partition coefficient (Wildman–Crippen LogP) is 1.84. The van der Waals surface area contributed by atoms with Gasteiger partial charge in [-0.2, -0.15) is 0 Å². The summed E-state index contributed by atoms with van der Waals surface area (Å²) in [5, 5.41) is 16.0. The number of rotatable bonds is 4. The fourth-order valence-electron chi connectivity index (χ4n) is 2.18. The molecule has 5 nitrogen and oxygen atoms in total. The molecule has 1 saturated heterocycles. The molecule has 1 fully saturated rings. The zero-order chi connectivity index (χ0) is 12.3. The fraction of sp³-hybridized carbons (Fsp3) is 0.636. The molecular formula is C11H17N3O2S. The van der Waals surface area contributed by atoms with Crippen molar-refractivity contribution in [2.45, 2.75) is 25.4 Å². The Kier molecular flexibility index (Phi) is 4.09. The Labute approximate surface area is 105 Å². The van der Waals surface area contributed by atoms with Crippen LogP contribution in [0.2, 0.25) is 0 Å². The van der Waals surface area contributed by atoms with Crippen molar-refractivity contribution in [2.24, 2.45) is 0 Å². The van der Waals surface area contributed by atoms with Crippen LogP contribution < -0.4 is 5.32 Å². The van der Waals surface area contributed by atoms with Crippen LogP contribution in [0.15, 0.2) is 11.4 Å². The second-order valence-electron chi connectivity index (χ2n) is 4.39. The molecule has 1 N–H and O–H groups in total. The standard InChI is InChI=1S/C11H17N3O2S/c1-12-10-2-4-13(5-3-10)7-9-6-11(14(15)16)17-8-9/h6,8,10,12H,2-5,7H2,1H3. The van der Waals surface area contributed by atoms with E-state index in [1.807, 2.05) is 12.4 Å². The predicted molar refractivity (Wildman–Crippen MR) is 68.3 cm³/mol. The summed E-state index contributed by atoms with van der Waals surface area (Å²) in [5.74, 6) is 0. The zero-order valence-corrected chi connectivity index (χ0v) is 10.7. The van der Waals surface area contributed by atoms with E-state index in [-0.39, 0.29) is 9.92 Å². The number of nitrogens with zero attached hydrogens (tertiary/aromatic N) is 2. The summed E-state index contributed by atoms with van der Waals surface area (Å²) in [5.41, 5.74) is 1.06. The lowest BCUT2D eigenvalue weighted by molar-refractivity contribution is -0.380. The van der Waals surface area contributed by atoms with Crippen molar-refractivity contribution in [1.82, 2.24) is 10.2 Å². The number of piperidine rings is 1. The van der Waals surface area contributed by atoms with Crippen molar-refractivity contribution >= 4 is 16.3 Å². The van der Waals surface area contributed by atoms with Crippen LogP contribution in [0.4, 0.5) is 5.00 Å². The van der Waals surface area contributed by atoms with E-state index in [4.69, 9.17) is 0 Å². The summed E-state index contributed by atoms with van der Waals surface area (Å²) in [6.07, 6.45) is 2.31. The molecule has 2 rings (SSSR count). The highest BCUT2D eigenvalue weighted by Gasteiger charge is 2.19. The largest absolute Gasteiger partial charge is 0.324 e. The van der Waals surface area contributed by atoms with Crippen LogP contribution in [0.5, 0.6) is 0 Å². The van der Waals surface area contributed by atoms with E-state index in [2.05, 4.69) is 10.2 Å². The topological polar surface area (TPSA) is 58.4 Å². The average Bonchev–Trinajstić information content (AvgIpc) is 2.79. The molecule has 6 heteroatoms. The summed E-state index contributed by atoms with van der Waals surface area (Å²) in [7, 11) is 2.00. The molecular weight excluding hydrogens is 238 g/mol. The summed E-state index contributed by atoms with van der Waals surface area (Å²) in [4.78, 5) is 12.6. The van der Waals surface area contributed by atoms with Crippen molar-refractivity contribution in [2.75, 3.05) is 20.1 Å². The Morgan fingerprint density at radius 3 is 2.82 bits per heavy atom. The van der Waals surface area contributed by atoms with Gasteiger partial charge in [-0.25, -0.2) is 0 Å². The minimum absolute atomic E-state index is 0.241. The van der Waals surface area contributed by atoms with Gasteiger partial charge in [0.1, 0.15) is 0 Å². The number of hydrogen-bond acceptors (Lipinski definition) is 5. The lowest BCUT2D eigenvalue weighted by atomic mass is 10.1. The quantitative estimate of drug-likeness (QED) is 0.659. The number of nitro groups is 1. The zero-order valence-electron chi connectivity index (χ0n) is 9.89. The Hall–Kier alpha value is -0.980. The lowest BCUT2D eigenvalue weighted by Crippen LogP contribution is -2.40. The summed E-state index contributed by atoms with van der Waals surface area (Å²) in [6, 6.07) is 2.32. The maximum Gasteiger partial charge on any atom is 0.324 e. The highest BCUT2D eigenvalue weighted by atomic mass is 32.1. The van der Waals surface area contributed by atoms with Gasteiger partial charge in [-0.3, -0.25) is 15.0 Å². The van der Waals surface area contributed by atoms with Crippen molar-refractivity contribution in [3.8, 4) is 0 Å². The highest BCUT2D eigenvalue weighted by molar-refractivity contribution is 7.13. The first kappa shape index (κ1) is 12.5. The Balaban J connectivity index is 1.86. The number of nitrogens with one attached hydrogen (secondary N) is 1. The maximum absolute atomic E-state index is 10.6. The van der Waals surface area contributed by atoms with Gasteiger partial charge in [-0.1, -0.05) is 11.3 Å². The molecule has 1 aliphatic heterocycles. The molecule has 0 radical (unpaired) electrons. The summed E-state index contributed by atoms with van der Waals surface area (Å²) >= 11 is 1.21. The molecule has 0 aromatic carbocycles. The van der Waals surface area contributed by atoms with E-state index >= 15 is 0 Å². The van der Waals surface area contributed by atoms with Gasteiger partial charge in [-0.15, -0.1) is 0 Å². The van der Waals surface area contributed by atoms with Gasteiger partial charge in [0.15, 0.2) is 0 Å². The Morgan fingerprint density at radius 2 is 2.29 bits per heavy atom. The number of likely N-dealkylation sites (tertiary alicyclic amines) is 1. The van der Waals surface area contributed by atoms with Gasteiger partial charge >= 0.3 is 5.00 Å². The molecule has 17 heavy (non-hydrogen) atoms. The SMILES string of the molecule is CNC1CCN(Cc2csc([N+](=O)[O-])c2)CC1. The smallest absolute Gasteiger partial charge is 0.317 e. The molecule has 0 aliphatic carbocycles. The van der Waals surface area contributed by atoms with Crippen LogP contribution in [-0.2, 0) is 6.54 Å². The minimum atomic E-state index is -0.318. The summed E-state index contributed by atoms with van der Waals surface area (Å²) < 4.78 is 0. The lowest BCUT2D eigenvalue weighted by Gasteiger charge is -2.31. The molecule has 0 bridgehead atoms. The number of hydrogen-bond donors (Lipinski definition) is 1. The minimum Gasteiger partial charge on any atom is -0.317 e. The van der Waals surface area contributed by atoms with Crippen LogP contribution in [0.3, 0.4) is 0 Å². The monoisotopic (exact) mass is 255 g/mol. The van der Waals surface area contributed by atoms with Crippen molar-refractivity contribution in [3.05, 3.63) is 27.1 Å². The van der Waals surface area contributed by atoms with Gasteiger partial charge in [0.05, 0.1) is 4.92 Å². The third-order valence-corrected chi connectivity index (χ3v) is 4.15. The molecule has 1 aromatic heterocycles. The third-order valence-electron chi connectivity index (χ3n) is 3.22. The van der Waals surface area contributed by atoms with Crippen LogP contribution in [0.1, 0.15) is 18.4 Å². The third kappa shape index (κ3) is 3.24. The second-order valence-corrected chi connectivity index (χ2v) is 5.28. The van der Waals surface area contributed by atoms with Gasteiger partial charge in [0.2, 0.25) is 0 Å².